The second-order valence-corrected chi connectivity index (χ2v) is 35.5. The van der Waals surface area contributed by atoms with E-state index in [9.17, 15) is 10.2 Å². The Morgan fingerprint density at radius 2 is 0.622 bits per heavy atom. The van der Waals surface area contributed by atoms with Crippen LogP contribution in [0.4, 0.5) is 0 Å². The molecule has 0 unspecified atom stereocenters. The Hall–Kier alpha value is -7.24. The fourth-order valence-corrected chi connectivity index (χ4v) is 13.0. The standard InChI is InChI=1S/C88H102N6O2.2Pt/c1-51-33-53(65-29-27-31-73-75(65)91-79(67-45-61(85(15,16)17)47-69(77(67)95)87(21,22)23)93(73)63-41-57(81(3,4)5)39-58(42-63)82(6,7)8)37-55(35-51)71-49-72(90-50-89-71)56-36-52(2)34-54(38-56)66-30-28-32-74-76(66)92-80(68-46-62(86(18,19)20)48-70(78(68)96)88(24,25)26)94(74)64-43-59(83(9,10)11)40-60(44-64)84(12,13)14;;/h27-36,39-50,95-96H,1-26H3;;/q-2;;. The summed E-state index contributed by atoms with van der Waals surface area (Å²) in [5.41, 5.74) is 22.7. The summed E-state index contributed by atoms with van der Waals surface area (Å²) in [6, 6.07) is 53.8. The number of hydrogen-bond donors (Lipinski definition) is 2. The molecule has 10 heteroatoms. The average molecular weight is 1670 g/mol. The molecular formula is C88H102N6O2Pt2-2. The summed E-state index contributed by atoms with van der Waals surface area (Å²) in [4.78, 5) is 21.3. The molecule has 0 atom stereocenters. The molecule has 98 heavy (non-hydrogen) atoms. The number of phenols is 2. The maximum atomic E-state index is 12.7. The summed E-state index contributed by atoms with van der Waals surface area (Å²) in [6.45, 7) is 57.8. The first-order chi connectivity index (χ1) is 44.2. The van der Waals surface area contributed by atoms with E-state index in [0.29, 0.717) is 22.8 Å². The van der Waals surface area contributed by atoms with E-state index in [1.54, 1.807) is 6.33 Å². The van der Waals surface area contributed by atoms with Crippen LogP contribution >= 0.6 is 0 Å². The Morgan fingerprint density at radius 1 is 0.327 bits per heavy atom. The Balaban J connectivity index is 0.00000562. The number of nitrogens with zero attached hydrogens (tertiary/aromatic N) is 6. The van der Waals surface area contributed by atoms with Crippen LogP contribution in [0, 0.1) is 26.0 Å². The zero-order chi connectivity index (χ0) is 70.3. The van der Waals surface area contributed by atoms with E-state index in [1.165, 1.54) is 22.3 Å². The minimum absolute atomic E-state index is 0. The van der Waals surface area contributed by atoms with Gasteiger partial charge in [0.05, 0.1) is 39.5 Å². The van der Waals surface area contributed by atoms with Crippen molar-refractivity contribution in [1.82, 2.24) is 29.1 Å². The zero-order valence-electron chi connectivity index (χ0n) is 62.9. The average Bonchev–Trinajstić information content (AvgIpc) is 1.55. The first-order valence-electron chi connectivity index (χ1n) is 34.3. The molecule has 2 N–H and O–H groups in total. The van der Waals surface area contributed by atoms with Crippen molar-refractivity contribution in [2.24, 2.45) is 0 Å². The van der Waals surface area contributed by atoms with E-state index < -0.39 is 0 Å². The molecule has 0 amide bonds. The fraction of sp³-hybridized carbons (Fsp3) is 0.386. The number of imidazole rings is 2. The molecular weight excluding hydrogens is 1560 g/mol. The molecule has 8 nitrogen and oxygen atoms in total. The molecule has 0 saturated carbocycles. The number of hydrogen-bond acceptors (Lipinski definition) is 6. The quantitative estimate of drug-likeness (QED) is 0.147. The summed E-state index contributed by atoms with van der Waals surface area (Å²) in [5.74, 6) is 1.82. The number of aryl methyl sites for hydroxylation is 2. The maximum Gasteiger partial charge on any atom is 0.148 e. The molecule has 3 heterocycles. The Labute approximate surface area is 614 Å². The SMILES string of the molecule is Cc1cc(-c2cc(-c3[c-]c(-c4cccc5c4nc(-c4cc(C(C)(C)C)cc(C(C)(C)C)c4O)n5-c4cc(C(C)(C)C)cc(C(C)(C)C)c4)cc(C)c3)ncn2)[c-]c(-c2cccc3c2nc(-c2cc(C(C)(C)C)cc(C(C)(C)C)c2O)n3-c2cc(C(C)(C)C)cc(C(C)(C)C)c2)c1.[Pt].[Pt]. The molecule has 0 aliphatic carbocycles. The molecule has 0 radical (unpaired) electrons. The van der Waals surface area contributed by atoms with Gasteiger partial charge in [-0.1, -0.05) is 257 Å². The van der Waals surface area contributed by atoms with Crippen molar-refractivity contribution >= 4 is 22.1 Å². The van der Waals surface area contributed by atoms with Crippen LogP contribution in [0.2, 0.25) is 0 Å². The Kier molecular flexibility index (Phi) is 19.9. The van der Waals surface area contributed by atoms with Crippen molar-refractivity contribution in [2.45, 2.75) is 223 Å². The van der Waals surface area contributed by atoms with Gasteiger partial charge < -0.3 is 10.2 Å². The Bertz CT molecular complexity index is 4520. The second kappa shape index (κ2) is 26.0. The molecule has 0 saturated heterocycles. The second-order valence-electron chi connectivity index (χ2n) is 35.5. The van der Waals surface area contributed by atoms with Crippen LogP contribution in [0.5, 0.6) is 11.5 Å². The molecule has 0 fully saturated rings. The summed E-state index contributed by atoms with van der Waals surface area (Å²) >= 11 is 0. The number of aromatic hydroxyl groups is 2. The number of aromatic nitrogens is 6. The summed E-state index contributed by atoms with van der Waals surface area (Å²) in [5, 5.41) is 25.4. The third-order valence-electron chi connectivity index (χ3n) is 19.1. The fourth-order valence-electron chi connectivity index (χ4n) is 13.0. The minimum Gasteiger partial charge on any atom is -0.507 e. The summed E-state index contributed by atoms with van der Waals surface area (Å²) in [7, 11) is 0. The predicted molar refractivity (Wildman–Crippen MR) is 404 cm³/mol. The molecule has 8 aromatic carbocycles. The number of para-hydroxylation sites is 2. The van der Waals surface area contributed by atoms with Gasteiger partial charge in [0.25, 0.3) is 0 Å². The van der Waals surface area contributed by atoms with Gasteiger partial charge in [-0.2, -0.15) is 0 Å². The third-order valence-corrected chi connectivity index (χ3v) is 19.1. The number of rotatable bonds is 8. The van der Waals surface area contributed by atoms with Crippen LogP contribution in [0.1, 0.15) is 222 Å². The minimum atomic E-state index is -0.355. The number of phenolic OH excluding ortho intramolecular Hbond substituents is 2. The largest absolute Gasteiger partial charge is 0.507 e. The van der Waals surface area contributed by atoms with Crippen LogP contribution in [0.3, 0.4) is 0 Å². The molecule has 0 spiro atoms. The van der Waals surface area contributed by atoms with E-state index in [4.69, 9.17) is 19.9 Å². The van der Waals surface area contributed by atoms with Crippen LogP contribution in [0.25, 0.3) is 101 Å². The summed E-state index contributed by atoms with van der Waals surface area (Å²) < 4.78 is 4.55. The normalized spacial score (nSPS) is 12.9. The van der Waals surface area contributed by atoms with Gasteiger partial charge in [-0.25, -0.2) is 9.97 Å². The van der Waals surface area contributed by atoms with Gasteiger partial charge in [0.15, 0.2) is 0 Å². The van der Waals surface area contributed by atoms with E-state index in [1.807, 2.05) is 6.07 Å². The van der Waals surface area contributed by atoms with Gasteiger partial charge in [-0.3, -0.25) is 19.1 Å². The molecule has 0 aliphatic heterocycles. The van der Waals surface area contributed by atoms with Gasteiger partial charge in [-0.15, -0.1) is 58.7 Å². The van der Waals surface area contributed by atoms with E-state index >= 15 is 0 Å². The molecule has 11 rings (SSSR count). The van der Waals surface area contributed by atoms with Crippen molar-refractivity contribution in [3.05, 3.63) is 201 Å². The predicted octanol–water partition coefficient (Wildman–Crippen LogP) is 23.2. The van der Waals surface area contributed by atoms with Crippen molar-refractivity contribution < 1.29 is 52.3 Å². The smallest absolute Gasteiger partial charge is 0.148 e. The van der Waals surface area contributed by atoms with Crippen molar-refractivity contribution in [3.8, 4) is 90.4 Å². The first-order valence-corrected chi connectivity index (χ1v) is 34.3. The summed E-state index contributed by atoms with van der Waals surface area (Å²) in [6.07, 6.45) is 1.64. The van der Waals surface area contributed by atoms with Crippen LogP contribution in [-0.2, 0) is 85.5 Å². The molecule has 11 aromatic rings. The maximum absolute atomic E-state index is 12.7. The van der Waals surface area contributed by atoms with Crippen molar-refractivity contribution in [1.29, 1.82) is 0 Å². The van der Waals surface area contributed by atoms with Crippen LogP contribution in [0.15, 0.2) is 134 Å². The number of benzene rings is 8. The van der Waals surface area contributed by atoms with Gasteiger partial charge in [0.2, 0.25) is 0 Å². The monoisotopic (exact) mass is 1660 g/mol. The van der Waals surface area contributed by atoms with Crippen LogP contribution < -0.4 is 0 Å². The van der Waals surface area contributed by atoms with E-state index in [0.717, 1.165) is 112 Å². The molecule has 0 bridgehead atoms. The molecule has 3 aromatic heterocycles. The van der Waals surface area contributed by atoms with E-state index in [-0.39, 0.29) is 96.9 Å². The van der Waals surface area contributed by atoms with Gasteiger partial charge in [0.1, 0.15) is 23.1 Å². The first kappa shape index (κ1) is 75.0. The third kappa shape index (κ3) is 14.8. The Morgan fingerprint density at radius 3 is 0.918 bits per heavy atom. The molecule has 518 valence electrons. The van der Waals surface area contributed by atoms with Crippen molar-refractivity contribution in [2.75, 3.05) is 0 Å². The van der Waals surface area contributed by atoms with Gasteiger partial charge >= 0.3 is 0 Å². The molecule has 0 aliphatic rings. The van der Waals surface area contributed by atoms with Gasteiger partial charge in [0, 0.05) is 76.0 Å². The number of fused-ring (bicyclic) bond motifs is 2. The zero-order valence-corrected chi connectivity index (χ0v) is 67.5. The topological polar surface area (TPSA) is 102 Å². The van der Waals surface area contributed by atoms with Crippen LogP contribution in [-0.4, -0.2) is 39.3 Å². The van der Waals surface area contributed by atoms with E-state index in [2.05, 4.69) is 323 Å². The van der Waals surface area contributed by atoms with Crippen molar-refractivity contribution in [3.63, 3.8) is 0 Å². The van der Waals surface area contributed by atoms with Gasteiger partial charge in [-0.05, 0) is 125 Å².